The van der Waals surface area contributed by atoms with Crippen molar-refractivity contribution in [3.05, 3.63) is 130 Å². The lowest BCUT2D eigenvalue weighted by Crippen LogP contribution is -2.46. The zero-order valence-electron chi connectivity index (χ0n) is 27.9. The maximum atomic E-state index is 14.6. The van der Waals surface area contributed by atoms with Crippen LogP contribution < -0.4 is 10.6 Å². The van der Waals surface area contributed by atoms with Gasteiger partial charge in [-0.2, -0.15) is 0 Å². The van der Waals surface area contributed by atoms with Crippen molar-refractivity contribution in [1.29, 1.82) is 0 Å². The molecule has 0 bridgehead atoms. The van der Waals surface area contributed by atoms with E-state index in [1.54, 1.807) is 6.92 Å². The van der Waals surface area contributed by atoms with Crippen molar-refractivity contribution in [3.63, 3.8) is 0 Å². The molecule has 2 aromatic heterocycles. The van der Waals surface area contributed by atoms with E-state index in [2.05, 4.69) is 32.0 Å². The van der Waals surface area contributed by atoms with Crippen molar-refractivity contribution in [1.82, 2.24) is 24.8 Å². The van der Waals surface area contributed by atoms with Gasteiger partial charge in [-0.1, -0.05) is 89.9 Å². The molecule has 1 aliphatic heterocycles. The summed E-state index contributed by atoms with van der Waals surface area (Å²) in [6.07, 6.45) is 3.79. The normalized spacial score (nSPS) is 15.6. The summed E-state index contributed by atoms with van der Waals surface area (Å²) in [5, 5.41) is 8.39. The van der Waals surface area contributed by atoms with Crippen LogP contribution in [0.3, 0.4) is 0 Å². The van der Waals surface area contributed by atoms with Crippen molar-refractivity contribution in [3.8, 4) is 22.5 Å². The third-order valence-corrected chi connectivity index (χ3v) is 9.89. The Balaban J connectivity index is 1.31. The van der Waals surface area contributed by atoms with Crippen LogP contribution in [0.15, 0.2) is 103 Å². The van der Waals surface area contributed by atoms with Gasteiger partial charge in [0.15, 0.2) is 0 Å². The molecule has 0 radical (unpaired) electrons. The number of nitrogens with zero attached hydrogens (tertiary/aromatic N) is 3. The van der Waals surface area contributed by atoms with Crippen LogP contribution in [-0.4, -0.2) is 50.4 Å². The lowest BCUT2D eigenvalue weighted by molar-refractivity contribution is -0.120. The highest BCUT2D eigenvalue weighted by molar-refractivity contribution is 6.31. The first-order valence-corrected chi connectivity index (χ1v) is 17.6. The number of carbonyl (C=O) groups excluding carboxylic acids is 2. The first-order valence-electron chi connectivity index (χ1n) is 16.8. The summed E-state index contributed by atoms with van der Waals surface area (Å²) in [4.78, 5) is 37.0. The lowest BCUT2D eigenvalue weighted by atomic mass is 9.99. The van der Waals surface area contributed by atoms with Crippen LogP contribution in [0.1, 0.15) is 54.3 Å². The molecule has 4 aromatic carbocycles. The van der Waals surface area contributed by atoms with Gasteiger partial charge in [0.1, 0.15) is 5.69 Å². The van der Waals surface area contributed by atoms with Gasteiger partial charge in [-0.05, 0) is 67.8 Å². The van der Waals surface area contributed by atoms with Gasteiger partial charge in [0.25, 0.3) is 5.91 Å². The molecular formula is C40H38Cl2N6O2. The summed E-state index contributed by atoms with van der Waals surface area (Å²) in [5.41, 5.74) is 7.16. The number of amides is 2. The molecule has 1 saturated heterocycles. The van der Waals surface area contributed by atoms with Gasteiger partial charge in [0, 0.05) is 63.8 Å². The number of nitrogens with one attached hydrogen (secondary N) is 3. The predicted octanol–water partition coefficient (Wildman–Crippen LogP) is 8.97. The average Bonchev–Trinajstić information content (AvgIpc) is 3.71. The van der Waals surface area contributed by atoms with Crippen LogP contribution in [0.5, 0.6) is 0 Å². The zero-order chi connectivity index (χ0) is 34.8. The number of aromatic nitrogens is 3. The van der Waals surface area contributed by atoms with Crippen LogP contribution in [0.25, 0.3) is 33.4 Å². The van der Waals surface area contributed by atoms with Gasteiger partial charge >= 0.3 is 0 Å². The fourth-order valence-electron chi connectivity index (χ4n) is 7.01. The molecule has 1 unspecified atom stereocenters. The number of piperidine rings is 1. The molecular weight excluding hydrogens is 667 g/mol. The largest absolute Gasteiger partial charge is 0.352 e. The van der Waals surface area contributed by atoms with Crippen LogP contribution in [-0.2, 0) is 11.3 Å². The number of benzene rings is 4. The highest BCUT2D eigenvalue weighted by atomic mass is 35.5. The van der Waals surface area contributed by atoms with Crippen LogP contribution in [0, 0.1) is 0 Å². The number of hydrogen-bond acceptors (Lipinski definition) is 4. The second-order valence-electron chi connectivity index (χ2n) is 12.9. The number of aromatic amines is 1. The number of fused-ring (bicyclic) bond motifs is 1. The minimum Gasteiger partial charge on any atom is -0.352 e. The third-order valence-electron chi connectivity index (χ3n) is 9.41. The van der Waals surface area contributed by atoms with E-state index in [1.165, 1.54) is 0 Å². The van der Waals surface area contributed by atoms with Gasteiger partial charge in [0.05, 0.1) is 23.8 Å². The molecule has 2 atom stereocenters. The summed E-state index contributed by atoms with van der Waals surface area (Å²) < 4.78 is 2.12. The third kappa shape index (κ3) is 7.05. The summed E-state index contributed by atoms with van der Waals surface area (Å²) >= 11 is 12.7. The second kappa shape index (κ2) is 14.5. The quantitative estimate of drug-likeness (QED) is 0.140. The molecule has 6 aromatic rings. The number of halogens is 2. The minimum absolute atomic E-state index is 0.0146. The Labute approximate surface area is 301 Å². The minimum atomic E-state index is -0.277. The van der Waals surface area contributed by atoms with Gasteiger partial charge < -0.3 is 20.2 Å². The molecule has 254 valence electrons. The highest BCUT2D eigenvalue weighted by Crippen LogP contribution is 2.41. The van der Waals surface area contributed by atoms with Crippen LogP contribution in [0.4, 0.5) is 5.69 Å². The molecule has 0 saturated carbocycles. The Morgan fingerprint density at radius 2 is 1.70 bits per heavy atom. The Morgan fingerprint density at radius 3 is 2.48 bits per heavy atom. The van der Waals surface area contributed by atoms with Gasteiger partial charge in [-0.15, -0.1) is 0 Å². The average molecular weight is 706 g/mol. The number of imidazole rings is 1. The number of rotatable bonds is 9. The van der Waals surface area contributed by atoms with E-state index in [0.717, 1.165) is 76.2 Å². The Hall–Kier alpha value is -4.89. The SMILES string of the molecule is CC(=O)N[C@@H]1CCCN(Cc2ccccc2NC(=O)c2[nH]c3cc(Cl)ccc3c2-c2c(-c3ccccc3)ncn2C(C)c2ccc(Cl)cc2)C1. The van der Waals surface area contributed by atoms with Crippen molar-refractivity contribution >= 4 is 51.6 Å². The van der Waals surface area contributed by atoms with E-state index in [9.17, 15) is 9.59 Å². The summed E-state index contributed by atoms with van der Waals surface area (Å²) in [7, 11) is 0. The number of H-pyrrole nitrogens is 1. The number of para-hydroxylation sites is 1. The van der Waals surface area contributed by atoms with E-state index < -0.39 is 0 Å². The van der Waals surface area contributed by atoms with E-state index in [0.29, 0.717) is 22.3 Å². The first-order chi connectivity index (χ1) is 24.2. The fourth-order valence-corrected chi connectivity index (χ4v) is 7.31. The number of anilines is 1. The standard InChI is InChI=1S/C40H38Cl2N6O2/c1-25(27-14-16-30(41)17-15-27)48-24-43-37(28-9-4-3-5-10-28)39(48)36-33-19-18-31(42)21-35(33)45-38(36)40(50)46-34-13-7-6-11-29(34)22-47-20-8-12-32(23-47)44-26(2)49/h3-7,9-11,13-19,21,24-25,32,45H,8,12,20,22-23H2,1-2H3,(H,44,49)(H,46,50)/t25?,32-/m1/s1. The molecule has 1 aliphatic rings. The highest BCUT2D eigenvalue weighted by Gasteiger charge is 2.28. The van der Waals surface area contributed by atoms with Crippen molar-refractivity contribution in [2.45, 2.75) is 45.3 Å². The fraction of sp³-hybridized carbons (Fsp3) is 0.225. The molecule has 3 N–H and O–H groups in total. The van der Waals surface area contributed by atoms with Crippen LogP contribution >= 0.6 is 23.2 Å². The molecule has 0 aliphatic carbocycles. The summed E-state index contributed by atoms with van der Waals surface area (Å²) in [5.74, 6) is -0.292. The molecule has 3 heterocycles. The molecule has 0 spiro atoms. The number of hydrogen-bond donors (Lipinski definition) is 3. The molecule has 2 amide bonds. The second-order valence-corrected chi connectivity index (χ2v) is 13.8. The summed E-state index contributed by atoms with van der Waals surface area (Å²) in [6.45, 7) is 5.99. The Kier molecular flexibility index (Phi) is 9.76. The Morgan fingerprint density at radius 1 is 0.960 bits per heavy atom. The molecule has 1 fully saturated rings. The predicted molar refractivity (Wildman–Crippen MR) is 202 cm³/mol. The van der Waals surface area contributed by atoms with E-state index in [4.69, 9.17) is 28.2 Å². The maximum absolute atomic E-state index is 14.6. The van der Waals surface area contributed by atoms with Crippen molar-refractivity contribution < 1.29 is 9.59 Å². The lowest BCUT2D eigenvalue weighted by Gasteiger charge is -2.33. The molecule has 8 nitrogen and oxygen atoms in total. The van der Waals surface area contributed by atoms with Gasteiger partial charge in [-0.3, -0.25) is 14.5 Å². The Bertz CT molecular complexity index is 2160. The number of carbonyl (C=O) groups is 2. The van der Waals surface area contributed by atoms with Gasteiger partial charge in [0.2, 0.25) is 5.91 Å². The zero-order valence-corrected chi connectivity index (χ0v) is 29.4. The van der Waals surface area contributed by atoms with E-state index >= 15 is 0 Å². The maximum Gasteiger partial charge on any atom is 0.272 e. The van der Waals surface area contributed by atoms with E-state index in [1.807, 2.05) is 103 Å². The topological polar surface area (TPSA) is 95.1 Å². The van der Waals surface area contributed by atoms with Crippen molar-refractivity contribution in [2.24, 2.45) is 0 Å². The molecule has 7 rings (SSSR count). The summed E-state index contributed by atoms with van der Waals surface area (Å²) in [6, 6.07) is 31.3. The monoisotopic (exact) mass is 704 g/mol. The smallest absolute Gasteiger partial charge is 0.272 e. The molecule has 10 heteroatoms. The first kappa shape index (κ1) is 33.6. The van der Waals surface area contributed by atoms with Gasteiger partial charge in [-0.25, -0.2) is 4.98 Å². The van der Waals surface area contributed by atoms with Crippen LogP contribution in [0.2, 0.25) is 10.0 Å². The van der Waals surface area contributed by atoms with Crippen molar-refractivity contribution in [2.75, 3.05) is 18.4 Å². The molecule has 50 heavy (non-hydrogen) atoms. The number of likely N-dealkylation sites (tertiary alicyclic amines) is 1. The van der Waals surface area contributed by atoms with E-state index in [-0.39, 0.29) is 23.9 Å².